The van der Waals surface area contributed by atoms with Crippen molar-refractivity contribution in [2.24, 2.45) is 5.73 Å². The number of benzene rings is 3. The van der Waals surface area contributed by atoms with E-state index in [0.717, 1.165) is 16.5 Å². The van der Waals surface area contributed by atoms with Crippen molar-refractivity contribution >= 4 is 40.6 Å². The Kier molecular flexibility index (Phi) is 8.60. The number of halogens is 1. The zero-order valence-corrected chi connectivity index (χ0v) is 22.4. The van der Waals surface area contributed by atoms with Gasteiger partial charge in [0, 0.05) is 6.54 Å². The lowest BCUT2D eigenvalue weighted by atomic mass is 10.0. The highest BCUT2D eigenvalue weighted by molar-refractivity contribution is 7.09. The minimum Gasteiger partial charge on any atom is -0.493 e. The van der Waals surface area contributed by atoms with E-state index < -0.39 is 29.6 Å². The molecule has 0 fully saturated rings. The molecule has 0 aliphatic rings. The van der Waals surface area contributed by atoms with Crippen molar-refractivity contribution in [1.82, 2.24) is 9.69 Å². The number of methoxy groups -OCH3 is 2. The van der Waals surface area contributed by atoms with Crippen LogP contribution in [0.4, 0.5) is 15.8 Å². The molecule has 4 rings (SSSR count). The first-order valence-corrected chi connectivity index (χ1v) is 12.7. The van der Waals surface area contributed by atoms with Crippen molar-refractivity contribution in [3.05, 3.63) is 100 Å². The highest BCUT2D eigenvalue weighted by Gasteiger charge is 2.37. The molecule has 1 atom stereocenters. The summed E-state index contributed by atoms with van der Waals surface area (Å²) in [6, 6.07) is 17.9. The SMILES string of the molecule is COc1ccc(C(C(=O)NCc2ccccc2)N(C(=O)c2snc(C(N)=O)c2N)c2ccccc2F)cc1OC. The first-order chi connectivity index (χ1) is 19.3. The number of primary amides is 1. The number of carbonyl (C=O) groups excluding carboxylic acids is 3. The molecule has 10 nitrogen and oxygen atoms in total. The number of amides is 3. The zero-order chi connectivity index (χ0) is 28.8. The molecule has 0 bridgehead atoms. The van der Waals surface area contributed by atoms with Crippen LogP contribution in [-0.4, -0.2) is 36.3 Å². The average molecular weight is 564 g/mol. The number of carbonyl (C=O) groups is 3. The molecule has 0 saturated heterocycles. The van der Waals surface area contributed by atoms with Gasteiger partial charge in [-0.3, -0.25) is 19.3 Å². The molecule has 3 aromatic carbocycles. The smallest absolute Gasteiger partial charge is 0.273 e. The number of nitrogen functional groups attached to an aromatic ring is 1. The highest BCUT2D eigenvalue weighted by atomic mass is 32.1. The number of anilines is 2. The van der Waals surface area contributed by atoms with Gasteiger partial charge < -0.3 is 26.3 Å². The van der Waals surface area contributed by atoms with Crippen molar-refractivity contribution in [2.45, 2.75) is 12.6 Å². The van der Waals surface area contributed by atoms with Crippen molar-refractivity contribution in [1.29, 1.82) is 0 Å². The monoisotopic (exact) mass is 563 g/mol. The quantitative estimate of drug-likeness (QED) is 0.266. The predicted octanol–water partition coefficient (Wildman–Crippen LogP) is 3.69. The van der Waals surface area contributed by atoms with Gasteiger partial charge in [0.1, 0.15) is 16.7 Å². The van der Waals surface area contributed by atoms with Crippen LogP contribution in [0.25, 0.3) is 0 Å². The van der Waals surface area contributed by atoms with Gasteiger partial charge in [0.15, 0.2) is 17.2 Å². The normalized spacial score (nSPS) is 11.4. The van der Waals surface area contributed by atoms with Crippen molar-refractivity contribution in [3.63, 3.8) is 0 Å². The van der Waals surface area contributed by atoms with E-state index in [1.807, 2.05) is 30.3 Å². The number of aromatic nitrogens is 1. The van der Waals surface area contributed by atoms with Crippen LogP contribution in [0, 0.1) is 5.82 Å². The fourth-order valence-electron chi connectivity index (χ4n) is 4.07. The highest BCUT2D eigenvalue weighted by Crippen LogP contribution is 2.37. The topological polar surface area (TPSA) is 150 Å². The lowest BCUT2D eigenvalue weighted by Crippen LogP contribution is -2.44. The van der Waals surface area contributed by atoms with E-state index in [4.69, 9.17) is 20.9 Å². The largest absolute Gasteiger partial charge is 0.493 e. The van der Waals surface area contributed by atoms with Crippen LogP contribution >= 0.6 is 11.5 Å². The number of nitrogens with one attached hydrogen (secondary N) is 1. The predicted molar refractivity (Wildman–Crippen MR) is 149 cm³/mol. The zero-order valence-electron chi connectivity index (χ0n) is 21.6. The molecule has 3 amide bonds. The summed E-state index contributed by atoms with van der Waals surface area (Å²) in [4.78, 5) is 40.6. The molecule has 0 aliphatic carbocycles. The number of rotatable bonds is 10. The van der Waals surface area contributed by atoms with Crippen LogP contribution in [0.1, 0.15) is 37.3 Å². The van der Waals surface area contributed by atoms with Gasteiger partial charge >= 0.3 is 0 Å². The molecule has 1 unspecified atom stereocenters. The van der Waals surface area contributed by atoms with E-state index in [0.29, 0.717) is 17.3 Å². The molecule has 40 heavy (non-hydrogen) atoms. The van der Waals surface area contributed by atoms with Gasteiger partial charge in [-0.05, 0) is 46.9 Å². The van der Waals surface area contributed by atoms with E-state index in [2.05, 4.69) is 9.69 Å². The standard InChI is InChI=1S/C28H26FN5O5S/c1-38-20-13-12-17(14-21(20)39-2)24(27(36)32-15-16-8-4-3-5-9-16)34(19-11-7-6-10-18(19)29)28(37)25-22(30)23(26(31)35)33-40-25/h3-14,24H,15,30H2,1-2H3,(H2,31,35)(H,32,36). The summed E-state index contributed by atoms with van der Waals surface area (Å²) >= 11 is 0.624. The minimum absolute atomic E-state index is 0.136. The van der Waals surface area contributed by atoms with Crippen LogP contribution in [-0.2, 0) is 11.3 Å². The number of ether oxygens (including phenoxy) is 2. The summed E-state index contributed by atoms with van der Waals surface area (Å²) in [6.45, 7) is 0.136. The van der Waals surface area contributed by atoms with Gasteiger partial charge in [0.05, 0.1) is 25.6 Å². The van der Waals surface area contributed by atoms with Gasteiger partial charge in [0.25, 0.3) is 11.8 Å². The maximum absolute atomic E-state index is 15.3. The Labute approximate surface area is 233 Å². The Morgan fingerprint density at radius 3 is 2.30 bits per heavy atom. The summed E-state index contributed by atoms with van der Waals surface area (Å²) in [5.74, 6) is -2.50. The van der Waals surface area contributed by atoms with E-state index in [-0.39, 0.29) is 39.8 Å². The molecular weight excluding hydrogens is 537 g/mol. The van der Waals surface area contributed by atoms with E-state index in [9.17, 15) is 14.4 Å². The van der Waals surface area contributed by atoms with Gasteiger partial charge in [-0.1, -0.05) is 48.5 Å². The Bertz CT molecular complexity index is 1550. The Balaban J connectivity index is 1.89. The number of hydrogen-bond acceptors (Lipinski definition) is 8. The third-order valence-electron chi connectivity index (χ3n) is 6.03. The first kappa shape index (κ1) is 28.0. The maximum Gasteiger partial charge on any atom is 0.273 e. The summed E-state index contributed by atoms with van der Waals surface area (Å²) in [5, 5.41) is 2.83. The number of para-hydroxylation sites is 1. The minimum atomic E-state index is -1.41. The second kappa shape index (κ2) is 12.3. The fourth-order valence-corrected chi connectivity index (χ4v) is 4.82. The second-order valence-electron chi connectivity index (χ2n) is 8.49. The third-order valence-corrected chi connectivity index (χ3v) is 6.88. The molecule has 1 heterocycles. The molecule has 1 aromatic heterocycles. The van der Waals surface area contributed by atoms with Crippen LogP contribution in [0.3, 0.4) is 0 Å². The molecule has 206 valence electrons. The number of nitrogens with zero attached hydrogens (tertiary/aromatic N) is 2. The Morgan fingerprint density at radius 2 is 1.68 bits per heavy atom. The number of nitrogens with two attached hydrogens (primary N) is 2. The summed E-state index contributed by atoms with van der Waals surface area (Å²) < 4.78 is 30.0. The summed E-state index contributed by atoms with van der Waals surface area (Å²) in [7, 11) is 2.88. The Hall–Kier alpha value is -4.97. The van der Waals surface area contributed by atoms with Crippen LogP contribution in [0.15, 0.2) is 72.8 Å². The fraction of sp³-hybridized carbons (Fsp3) is 0.143. The van der Waals surface area contributed by atoms with Crippen molar-refractivity contribution in [2.75, 3.05) is 24.9 Å². The first-order valence-electron chi connectivity index (χ1n) is 11.9. The molecule has 5 N–H and O–H groups in total. The molecule has 4 aromatic rings. The summed E-state index contributed by atoms with van der Waals surface area (Å²) in [5.41, 5.74) is 11.7. The molecule has 0 aliphatic heterocycles. The molecular formula is C28H26FN5O5S. The third kappa shape index (κ3) is 5.71. The van der Waals surface area contributed by atoms with Gasteiger partial charge in [-0.25, -0.2) is 4.39 Å². The Morgan fingerprint density at radius 1 is 1.00 bits per heavy atom. The van der Waals surface area contributed by atoms with Crippen LogP contribution < -0.4 is 31.2 Å². The van der Waals surface area contributed by atoms with E-state index in [1.165, 1.54) is 38.5 Å². The van der Waals surface area contributed by atoms with Crippen molar-refractivity contribution in [3.8, 4) is 11.5 Å². The molecule has 0 saturated carbocycles. The second-order valence-corrected chi connectivity index (χ2v) is 9.26. The van der Waals surface area contributed by atoms with E-state index in [1.54, 1.807) is 12.1 Å². The van der Waals surface area contributed by atoms with Gasteiger partial charge in [-0.2, -0.15) is 4.37 Å². The lowest BCUT2D eigenvalue weighted by molar-refractivity contribution is -0.122. The van der Waals surface area contributed by atoms with Crippen molar-refractivity contribution < 1.29 is 28.2 Å². The van der Waals surface area contributed by atoms with Gasteiger partial charge in [0.2, 0.25) is 5.91 Å². The molecule has 0 radical (unpaired) electrons. The number of hydrogen-bond donors (Lipinski definition) is 3. The van der Waals surface area contributed by atoms with E-state index >= 15 is 4.39 Å². The molecule has 0 spiro atoms. The van der Waals surface area contributed by atoms with Crippen LogP contribution in [0.2, 0.25) is 0 Å². The van der Waals surface area contributed by atoms with Gasteiger partial charge in [-0.15, -0.1) is 0 Å². The van der Waals surface area contributed by atoms with Crippen LogP contribution in [0.5, 0.6) is 11.5 Å². The average Bonchev–Trinajstić information content (AvgIpc) is 3.36. The maximum atomic E-state index is 15.3. The summed E-state index contributed by atoms with van der Waals surface area (Å²) in [6.07, 6.45) is 0. The molecule has 12 heteroatoms. The lowest BCUT2D eigenvalue weighted by Gasteiger charge is -2.31.